The summed E-state index contributed by atoms with van der Waals surface area (Å²) < 4.78 is 34.6. The van der Waals surface area contributed by atoms with Crippen LogP contribution in [0.5, 0.6) is 5.75 Å². The summed E-state index contributed by atoms with van der Waals surface area (Å²) in [7, 11) is 0.177. The Hall–Kier alpha value is -3.23. The number of carbonyl (C=O) groups excluding carboxylic acids is 1. The second-order valence-electron chi connectivity index (χ2n) is 11.7. The number of fused-ring (bicyclic) bond motifs is 3. The number of aromatic nitrogens is 1. The van der Waals surface area contributed by atoms with E-state index in [1.807, 2.05) is 43.3 Å². The number of nitriles is 1. The number of hydrogen-bond donors (Lipinski definition) is 0. The SMILES string of the molecule is CN(C)CCOc1ccc2cncc(N3CC[C@]4(CN(S(=O)(=O)CC5(C#N)CC5)Cc5ccc(Cl)cc54)C3=O)c2c1. The Balaban J connectivity index is 1.37. The van der Waals surface area contributed by atoms with Crippen LogP contribution in [0.4, 0.5) is 5.69 Å². The van der Waals surface area contributed by atoms with Crippen LogP contribution in [0.15, 0.2) is 48.8 Å². The van der Waals surface area contributed by atoms with E-state index in [0.717, 1.165) is 28.4 Å². The van der Waals surface area contributed by atoms with Crippen LogP contribution < -0.4 is 9.64 Å². The van der Waals surface area contributed by atoms with Gasteiger partial charge in [0.05, 0.1) is 34.5 Å². The molecule has 3 heterocycles. The molecule has 214 valence electrons. The van der Waals surface area contributed by atoms with Crippen LogP contribution in [-0.4, -0.2) is 74.6 Å². The molecule has 1 amide bonds. The lowest BCUT2D eigenvalue weighted by molar-refractivity contribution is -0.122. The number of sulfonamides is 1. The first kappa shape index (κ1) is 27.9. The van der Waals surface area contributed by atoms with Crippen molar-refractivity contribution in [2.24, 2.45) is 5.41 Å². The van der Waals surface area contributed by atoms with Crippen molar-refractivity contribution in [3.05, 3.63) is 64.9 Å². The smallest absolute Gasteiger partial charge is 0.239 e. The molecule has 1 spiro atoms. The first-order chi connectivity index (χ1) is 19.6. The van der Waals surface area contributed by atoms with E-state index >= 15 is 0 Å². The van der Waals surface area contributed by atoms with Gasteiger partial charge in [-0.2, -0.15) is 9.57 Å². The van der Waals surface area contributed by atoms with Gasteiger partial charge in [0, 0.05) is 48.2 Å². The molecular formula is C30H32ClN5O4S. The summed E-state index contributed by atoms with van der Waals surface area (Å²) in [6.45, 7) is 1.85. The van der Waals surface area contributed by atoms with E-state index in [0.29, 0.717) is 48.9 Å². The van der Waals surface area contributed by atoms with E-state index in [2.05, 4.69) is 11.1 Å². The van der Waals surface area contributed by atoms with Gasteiger partial charge in [-0.3, -0.25) is 9.78 Å². The van der Waals surface area contributed by atoms with Crippen LogP contribution in [0, 0.1) is 16.7 Å². The molecule has 9 nitrogen and oxygen atoms in total. The number of anilines is 1. The van der Waals surface area contributed by atoms with Crippen LogP contribution in [0.3, 0.4) is 0 Å². The highest BCUT2D eigenvalue weighted by molar-refractivity contribution is 7.89. The number of carbonyl (C=O) groups is 1. The third-order valence-electron chi connectivity index (χ3n) is 8.55. The number of nitrogens with zero attached hydrogens (tertiary/aromatic N) is 5. The number of benzene rings is 2. The van der Waals surface area contributed by atoms with Gasteiger partial charge in [0.15, 0.2) is 0 Å². The van der Waals surface area contributed by atoms with Crippen molar-refractivity contribution >= 4 is 44.0 Å². The minimum atomic E-state index is -3.79. The van der Waals surface area contributed by atoms with Crippen molar-refractivity contribution < 1.29 is 17.9 Å². The van der Waals surface area contributed by atoms with Crippen molar-refractivity contribution in [3.63, 3.8) is 0 Å². The second-order valence-corrected chi connectivity index (χ2v) is 14.1. The van der Waals surface area contributed by atoms with Crippen molar-refractivity contribution in [2.45, 2.75) is 31.2 Å². The molecule has 6 rings (SSSR count). The fraction of sp³-hybridized carbons (Fsp3) is 0.433. The molecule has 3 aromatic rings. The Morgan fingerprint density at radius 3 is 2.68 bits per heavy atom. The molecule has 2 fully saturated rings. The van der Waals surface area contributed by atoms with E-state index in [1.165, 1.54) is 4.31 Å². The molecule has 0 N–H and O–H groups in total. The second kappa shape index (κ2) is 10.2. The van der Waals surface area contributed by atoms with E-state index in [9.17, 15) is 18.5 Å². The minimum absolute atomic E-state index is 0.0105. The Labute approximate surface area is 245 Å². The highest BCUT2D eigenvalue weighted by Gasteiger charge is 2.56. The normalized spacial score (nSPS) is 21.8. The van der Waals surface area contributed by atoms with E-state index in [-0.39, 0.29) is 24.7 Å². The predicted octanol–water partition coefficient (Wildman–Crippen LogP) is 3.95. The topological polar surface area (TPSA) is 107 Å². The van der Waals surface area contributed by atoms with Gasteiger partial charge in [0.2, 0.25) is 15.9 Å². The molecule has 11 heteroatoms. The number of rotatable bonds is 8. The van der Waals surface area contributed by atoms with Gasteiger partial charge < -0.3 is 14.5 Å². The molecule has 2 aromatic carbocycles. The molecule has 0 radical (unpaired) electrons. The summed E-state index contributed by atoms with van der Waals surface area (Å²) in [4.78, 5) is 22.7. The maximum atomic E-state index is 14.5. The average molecular weight is 594 g/mol. The number of likely N-dealkylation sites (N-methyl/N-ethyl adjacent to an activating group) is 1. The van der Waals surface area contributed by atoms with Crippen molar-refractivity contribution in [1.29, 1.82) is 5.26 Å². The first-order valence-electron chi connectivity index (χ1n) is 13.7. The maximum absolute atomic E-state index is 14.5. The zero-order valence-corrected chi connectivity index (χ0v) is 24.7. The summed E-state index contributed by atoms with van der Waals surface area (Å²) >= 11 is 6.42. The lowest BCUT2D eigenvalue weighted by atomic mass is 9.74. The highest BCUT2D eigenvalue weighted by Crippen LogP contribution is 2.49. The van der Waals surface area contributed by atoms with Gasteiger partial charge >= 0.3 is 0 Å². The average Bonchev–Trinajstić information content (AvgIpc) is 3.64. The summed E-state index contributed by atoms with van der Waals surface area (Å²) in [6, 6.07) is 13.3. The number of ether oxygens (including phenoxy) is 1. The molecule has 41 heavy (non-hydrogen) atoms. The summed E-state index contributed by atoms with van der Waals surface area (Å²) in [6.07, 6.45) is 5.02. The molecule has 1 saturated carbocycles. The Kier molecular flexibility index (Phi) is 6.97. The van der Waals surface area contributed by atoms with Crippen molar-refractivity contribution in [3.8, 4) is 11.8 Å². The zero-order valence-electron chi connectivity index (χ0n) is 23.1. The fourth-order valence-electron chi connectivity index (χ4n) is 6.01. The Morgan fingerprint density at radius 1 is 1.15 bits per heavy atom. The van der Waals surface area contributed by atoms with Crippen LogP contribution in [0.2, 0.25) is 5.02 Å². The van der Waals surface area contributed by atoms with E-state index in [1.54, 1.807) is 29.4 Å². The molecule has 1 aliphatic carbocycles. The Morgan fingerprint density at radius 2 is 1.95 bits per heavy atom. The maximum Gasteiger partial charge on any atom is 0.239 e. The number of pyridine rings is 1. The highest BCUT2D eigenvalue weighted by atomic mass is 35.5. The standard InChI is InChI=1S/C30H32ClN5O4S/c1-34(2)11-12-40-24-6-4-21-15-33-16-27(25(21)14-24)36-10-9-30(28(36)37)19-35(17-22-3-5-23(31)13-26(22)30)41(38,39)20-29(18-32)7-8-29/h3-6,13-16H,7-12,17,19-20H2,1-2H3/t30-/m1/s1. The summed E-state index contributed by atoms with van der Waals surface area (Å²) in [5.74, 6) is 0.291. The summed E-state index contributed by atoms with van der Waals surface area (Å²) in [5.41, 5.74) is 0.267. The molecule has 3 aliphatic rings. The molecule has 0 bridgehead atoms. The lowest BCUT2D eigenvalue weighted by Crippen LogP contribution is -2.53. The summed E-state index contributed by atoms with van der Waals surface area (Å²) in [5, 5.41) is 11.8. The van der Waals surface area contributed by atoms with Crippen LogP contribution in [0.1, 0.15) is 30.4 Å². The number of amides is 1. The van der Waals surface area contributed by atoms with Crippen molar-refractivity contribution in [1.82, 2.24) is 14.2 Å². The van der Waals surface area contributed by atoms with E-state index in [4.69, 9.17) is 16.3 Å². The number of halogens is 1. The largest absolute Gasteiger partial charge is 0.492 e. The molecule has 0 unspecified atom stereocenters. The van der Waals surface area contributed by atoms with E-state index < -0.39 is 20.9 Å². The molecule has 1 saturated heterocycles. The van der Waals surface area contributed by atoms with Crippen molar-refractivity contribution in [2.75, 3.05) is 51.0 Å². The molecule has 1 atom stereocenters. The number of hydrogen-bond acceptors (Lipinski definition) is 7. The van der Waals surface area contributed by atoms with Gasteiger partial charge in [-0.25, -0.2) is 8.42 Å². The van der Waals surface area contributed by atoms with Gasteiger partial charge in [0.1, 0.15) is 12.4 Å². The molecule has 1 aromatic heterocycles. The van der Waals surface area contributed by atoms with Crippen LogP contribution >= 0.6 is 11.6 Å². The monoisotopic (exact) mass is 593 g/mol. The minimum Gasteiger partial charge on any atom is -0.492 e. The van der Waals surface area contributed by atoms with Gasteiger partial charge in [-0.1, -0.05) is 17.7 Å². The quantitative estimate of drug-likeness (QED) is 0.389. The lowest BCUT2D eigenvalue weighted by Gasteiger charge is -2.40. The molecule has 2 aliphatic heterocycles. The fourth-order valence-corrected chi connectivity index (χ4v) is 8.17. The zero-order chi connectivity index (χ0) is 29.0. The van der Waals surface area contributed by atoms with Gasteiger partial charge in [0.25, 0.3) is 0 Å². The first-order valence-corrected chi connectivity index (χ1v) is 15.7. The third-order valence-corrected chi connectivity index (χ3v) is 10.7. The van der Waals surface area contributed by atoms with Gasteiger partial charge in [-0.15, -0.1) is 0 Å². The third kappa shape index (κ3) is 5.06. The Bertz CT molecular complexity index is 1680. The van der Waals surface area contributed by atoms with Gasteiger partial charge in [-0.05, 0) is 74.8 Å². The predicted molar refractivity (Wildman–Crippen MR) is 157 cm³/mol. The van der Waals surface area contributed by atoms with Crippen LogP contribution in [-0.2, 0) is 26.8 Å². The van der Waals surface area contributed by atoms with Crippen LogP contribution in [0.25, 0.3) is 10.8 Å². The molecular weight excluding hydrogens is 562 g/mol.